The molecule has 0 aromatic heterocycles. The van der Waals surface area contributed by atoms with E-state index >= 15 is 0 Å². The molecule has 0 aliphatic carbocycles. The second-order valence-corrected chi connectivity index (χ2v) is 2.86. The summed E-state index contributed by atoms with van der Waals surface area (Å²) in [6.45, 7) is 8.95. The van der Waals surface area contributed by atoms with Gasteiger partial charge in [0.25, 0.3) is 0 Å². The molecule has 1 radical (unpaired) electrons. The van der Waals surface area contributed by atoms with Crippen molar-refractivity contribution in [2.24, 2.45) is 0 Å². The molecule has 0 saturated heterocycles. The third kappa shape index (κ3) is 6.36. The Hall–Kier alpha value is -0.0400. The summed E-state index contributed by atoms with van der Waals surface area (Å²) in [5.41, 5.74) is 0. The molecule has 0 amide bonds. The van der Waals surface area contributed by atoms with Gasteiger partial charge < -0.3 is 4.74 Å². The van der Waals surface area contributed by atoms with E-state index in [9.17, 15) is 0 Å². The van der Waals surface area contributed by atoms with Crippen molar-refractivity contribution in [3.8, 4) is 0 Å². The van der Waals surface area contributed by atoms with Crippen LogP contribution in [-0.4, -0.2) is 12.7 Å². The van der Waals surface area contributed by atoms with Gasteiger partial charge in [-0.15, -0.1) is 0 Å². The van der Waals surface area contributed by atoms with Crippen molar-refractivity contribution < 1.29 is 4.74 Å². The molecule has 11 heavy (non-hydrogen) atoms. The van der Waals surface area contributed by atoms with Gasteiger partial charge in [0.2, 0.25) is 0 Å². The van der Waals surface area contributed by atoms with E-state index in [4.69, 9.17) is 4.74 Å². The summed E-state index contributed by atoms with van der Waals surface area (Å²) < 4.78 is 5.48. The highest BCUT2D eigenvalue weighted by Crippen LogP contribution is 2.09. The summed E-state index contributed by atoms with van der Waals surface area (Å²) in [5.74, 6) is 0. The Morgan fingerprint density at radius 3 is 2.45 bits per heavy atom. The standard InChI is InChI=1S/C10H21O/c1-4-7-8-9-10(5-2)11-6-3/h10H,2,4-9H2,1,3H3. The van der Waals surface area contributed by atoms with Crippen molar-refractivity contribution in [2.45, 2.75) is 52.1 Å². The fourth-order valence-electron chi connectivity index (χ4n) is 1.17. The molecule has 0 aromatic rings. The first-order valence-corrected chi connectivity index (χ1v) is 4.76. The summed E-state index contributed by atoms with van der Waals surface area (Å²) in [7, 11) is 0. The highest BCUT2D eigenvalue weighted by Gasteiger charge is 2.03. The van der Waals surface area contributed by atoms with Crippen LogP contribution in [0.25, 0.3) is 0 Å². The van der Waals surface area contributed by atoms with Crippen molar-refractivity contribution >= 4 is 0 Å². The topological polar surface area (TPSA) is 9.23 Å². The molecule has 0 N–H and O–H groups in total. The van der Waals surface area contributed by atoms with E-state index < -0.39 is 0 Å². The maximum atomic E-state index is 5.48. The van der Waals surface area contributed by atoms with E-state index in [1.165, 1.54) is 25.7 Å². The lowest BCUT2D eigenvalue weighted by Gasteiger charge is -2.13. The van der Waals surface area contributed by atoms with Crippen LogP contribution in [0.15, 0.2) is 0 Å². The minimum absolute atomic E-state index is 0.409. The molecule has 0 aliphatic heterocycles. The van der Waals surface area contributed by atoms with Crippen molar-refractivity contribution in [1.29, 1.82) is 0 Å². The van der Waals surface area contributed by atoms with Crippen LogP contribution in [0.5, 0.6) is 0 Å². The van der Waals surface area contributed by atoms with Crippen LogP contribution >= 0.6 is 0 Å². The lowest BCUT2D eigenvalue weighted by molar-refractivity contribution is 0.0567. The minimum atomic E-state index is 0.409. The number of ether oxygens (including phenoxy) is 1. The second kappa shape index (κ2) is 8.06. The molecule has 0 aromatic carbocycles. The first-order valence-electron chi connectivity index (χ1n) is 4.76. The Morgan fingerprint density at radius 2 is 2.00 bits per heavy atom. The van der Waals surface area contributed by atoms with Gasteiger partial charge in [-0.05, 0) is 19.8 Å². The van der Waals surface area contributed by atoms with Gasteiger partial charge in [-0.1, -0.05) is 33.1 Å². The van der Waals surface area contributed by atoms with Crippen LogP contribution in [0.1, 0.15) is 46.0 Å². The first-order chi connectivity index (χ1) is 5.35. The quantitative estimate of drug-likeness (QED) is 0.516. The van der Waals surface area contributed by atoms with Gasteiger partial charge in [-0.25, -0.2) is 0 Å². The molecule has 1 unspecified atom stereocenters. The van der Waals surface area contributed by atoms with Crippen molar-refractivity contribution in [2.75, 3.05) is 6.61 Å². The highest BCUT2D eigenvalue weighted by molar-refractivity contribution is 4.59. The maximum Gasteiger partial charge on any atom is 0.0575 e. The highest BCUT2D eigenvalue weighted by atomic mass is 16.5. The summed E-state index contributed by atoms with van der Waals surface area (Å²) in [6, 6.07) is 0. The van der Waals surface area contributed by atoms with Crippen molar-refractivity contribution in [1.82, 2.24) is 0 Å². The third-order valence-corrected chi connectivity index (χ3v) is 1.85. The normalized spacial score (nSPS) is 13.4. The average Bonchev–Trinajstić information content (AvgIpc) is 2.03. The summed E-state index contributed by atoms with van der Waals surface area (Å²) in [4.78, 5) is 0. The van der Waals surface area contributed by atoms with E-state index in [2.05, 4.69) is 13.8 Å². The van der Waals surface area contributed by atoms with Crippen molar-refractivity contribution in [3.05, 3.63) is 6.92 Å². The van der Waals surface area contributed by atoms with Gasteiger partial charge in [0, 0.05) is 6.61 Å². The summed E-state index contributed by atoms with van der Waals surface area (Å²) in [5, 5.41) is 0. The van der Waals surface area contributed by atoms with E-state index in [-0.39, 0.29) is 0 Å². The Bertz CT molecular complexity index is 71.3. The van der Waals surface area contributed by atoms with Gasteiger partial charge >= 0.3 is 0 Å². The fraction of sp³-hybridized carbons (Fsp3) is 0.900. The Morgan fingerprint density at radius 1 is 1.27 bits per heavy atom. The van der Waals surface area contributed by atoms with E-state index in [1.807, 2.05) is 6.92 Å². The van der Waals surface area contributed by atoms with Gasteiger partial charge in [0.05, 0.1) is 6.10 Å². The third-order valence-electron chi connectivity index (χ3n) is 1.85. The van der Waals surface area contributed by atoms with Crippen LogP contribution in [0.4, 0.5) is 0 Å². The molecular formula is C10H21O. The van der Waals surface area contributed by atoms with Crippen LogP contribution in [0.3, 0.4) is 0 Å². The number of rotatable bonds is 7. The molecule has 67 valence electrons. The zero-order valence-electron chi connectivity index (χ0n) is 7.94. The monoisotopic (exact) mass is 157 g/mol. The van der Waals surface area contributed by atoms with Gasteiger partial charge in [-0.3, -0.25) is 0 Å². The molecule has 1 nitrogen and oxygen atoms in total. The molecule has 1 atom stereocenters. The molecule has 0 bridgehead atoms. The smallest absolute Gasteiger partial charge is 0.0575 e. The summed E-state index contributed by atoms with van der Waals surface area (Å²) in [6.07, 6.45) is 6.41. The fourth-order valence-corrected chi connectivity index (χ4v) is 1.17. The van der Waals surface area contributed by atoms with Crippen LogP contribution in [0, 0.1) is 6.92 Å². The Kier molecular flexibility index (Phi) is 8.03. The number of hydrogen-bond donors (Lipinski definition) is 0. The largest absolute Gasteiger partial charge is 0.379 e. The molecule has 0 aliphatic rings. The molecule has 0 heterocycles. The Balaban J connectivity index is 3.20. The molecule has 0 spiro atoms. The molecular weight excluding hydrogens is 136 g/mol. The number of unbranched alkanes of at least 4 members (excludes halogenated alkanes) is 2. The number of hydrogen-bond acceptors (Lipinski definition) is 1. The van der Waals surface area contributed by atoms with Crippen molar-refractivity contribution in [3.63, 3.8) is 0 Å². The lowest BCUT2D eigenvalue weighted by atomic mass is 10.1. The SMILES string of the molecule is [CH2]CC(CCCCC)OCC. The van der Waals surface area contributed by atoms with Crippen LogP contribution in [-0.2, 0) is 4.74 Å². The summed E-state index contributed by atoms with van der Waals surface area (Å²) >= 11 is 0. The molecule has 0 fully saturated rings. The Labute approximate surface area is 71.1 Å². The zero-order valence-corrected chi connectivity index (χ0v) is 7.94. The predicted octanol–water partition coefficient (Wildman–Crippen LogP) is 3.20. The maximum absolute atomic E-state index is 5.48. The first kappa shape index (κ1) is 11.0. The molecule has 1 heteroatoms. The van der Waals surface area contributed by atoms with Gasteiger partial charge in [-0.2, -0.15) is 0 Å². The van der Waals surface area contributed by atoms with Gasteiger partial charge in [0.1, 0.15) is 0 Å². The molecule has 0 saturated carbocycles. The lowest BCUT2D eigenvalue weighted by Crippen LogP contribution is -2.11. The molecule has 0 rings (SSSR count). The predicted molar refractivity (Wildman–Crippen MR) is 49.5 cm³/mol. The zero-order chi connectivity index (χ0) is 8.53. The van der Waals surface area contributed by atoms with Crippen LogP contribution in [0.2, 0.25) is 0 Å². The van der Waals surface area contributed by atoms with E-state index in [0.717, 1.165) is 13.0 Å². The van der Waals surface area contributed by atoms with E-state index in [0.29, 0.717) is 6.10 Å². The van der Waals surface area contributed by atoms with E-state index in [1.54, 1.807) is 0 Å². The average molecular weight is 157 g/mol. The second-order valence-electron chi connectivity index (χ2n) is 2.86. The van der Waals surface area contributed by atoms with Gasteiger partial charge in [0.15, 0.2) is 0 Å². The minimum Gasteiger partial charge on any atom is -0.379 e. The van der Waals surface area contributed by atoms with Crippen LogP contribution < -0.4 is 0 Å².